The van der Waals surface area contributed by atoms with E-state index in [1.165, 1.54) is 0 Å². The molecule has 13 heavy (non-hydrogen) atoms. The first-order valence-corrected chi connectivity index (χ1v) is 5.34. The number of aliphatic hydroxyl groups excluding tert-OH is 1. The molecule has 0 aliphatic heterocycles. The summed E-state index contributed by atoms with van der Waals surface area (Å²) >= 11 is 0. The highest BCUT2D eigenvalue weighted by Gasteiger charge is 2.46. The van der Waals surface area contributed by atoms with Crippen LogP contribution in [0, 0.1) is 11.3 Å². The van der Waals surface area contributed by atoms with Gasteiger partial charge in [0.15, 0.2) is 0 Å². The Morgan fingerprint density at radius 2 is 2.23 bits per heavy atom. The zero-order valence-electron chi connectivity index (χ0n) is 8.25. The Morgan fingerprint density at radius 1 is 1.46 bits per heavy atom. The van der Waals surface area contributed by atoms with E-state index in [9.17, 15) is 9.90 Å². The maximum absolute atomic E-state index is 11.8. The van der Waals surface area contributed by atoms with Crippen molar-refractivity contribution in [3.63, 3.8) is 0 Å². The molecule has 2 fully saturated rings. The van der Waals surface area contributed by atoms with Crippen LogP contribution in [0.1, 0.15) is 45.4 Å². The highest BCUT2D eigenvalue weighted by Crippen LogP contribution is 2.47. The number of aliphatic hydroxyl groups is 1. The van der Waals surface area contributed by atoms with E-state index >= 15 is 0 Å². The van der Waals surface area contributed by atoms with Gasteiger partial charge in [-0.05, 0) is 38.0 Å². The highest BCUT2D eigenvalue weighted by molar-refractivity contribution is 5.85. The number of hydrogen-bond acceptors (Lipinski definition) is 2. The number of Topliss-reactive ketones (excluding diaryl/α,β-unsaturated/α-hetero) is 1. The van der Waals surface area contributed by atoms with Crippen molar-refractivity contribution in [3.05, 3.63) is 0 Å². The highest BCUT2D eigenvalue weighted by atomic mass is 16.3. The third kappa shape index (κ3) is 1.41. The van der Waals surface area contributed by atoms with Crippen molar-refractivity contribution in [1.82, 2.24) is 0 Å². The number of carbonyl (C=O) groups is 1. The second-order valence-corrected chi connectivity index (χ2v) is 4.86. The number of rotatable bonds is 0. The van der Waals surface area contributed by atoms with Crippen LogP contribution in [0.5, 0.6) is 0 Å². The molecule has 0 heterocycles. The van der Waals surface area contributed by atoms with Gasteiger partial charge in [0.05, 0.1) is 6.10 Å². The average molecular weight is 182 g/mol. The fraction of sp³-hybridized carbons (Fsp3) is 0.909. The second-order valence-electron chi connectivity index (χ2n) is 4.86. The number of carbonyl (C=O) groups excluding carboxylic acids is 1. The first kappa shape index (κ1) is 9.20. The van der Waals surface area contributed by atoms with Crippen LogP contribution in [-0.4, -0.2) is 17.0 Å². The van der Waals surface area contributed by atoms with Crippen molar-refractivity contribution >= 4 is 5.78 Å². The van der Waals surface area contributed by atoms with E-state index in [-0.39, 0.29) is 11.5 Å². The SMILES string of the molecule is C[C@@]12CC[C@@H](O)C[C@H]1CCCC2=O. The molecule has 0 aromatic rings. The normalized spacial score (nSPS) is 45.8. The molecular weight excluding hydrogens is 164 g/mol. The zero-order valence-corrected chi connectivity index (χ0v) is 8.25. The minimum atomic E-state index is -0.149. The van der Waals surface area contributed by atoms with Crippen molar-refractivity contribution in [2.75, 3.05) is 0 Å². The lowest BCUT2D eigenvalue weighted by atomic mass is 9.59. The van der Waals surface area contributed by atoms with Crippen LogP contribution in [0.3, 0.4) is 0 Å². The van der Waals surface area contributed by atoms with Gasteiger partial charge in [-0.15, -0.1) is 0 Å². The largest absolute Gasteiger partial charge is 0.393 e. The lowest BCUT2D eigenvalue weighted by Crippen LogP contribution is -2.44. The van der Waals surface area contributed by atoms with Crippen LogP contribution in [0.4, 0.5) is 0 Å². The zero-order chi connectivity index (χ0) is 9.47. The molecule has 1 N–H and O–H groups in total. The second kappa shape index (κ2) is 3.09. The molecule has 0 bridgehead atoms. The van der Waals surface area contributed by atoms with Crippen molar-refractivity contribution in [1.29, 1.82) is 0 Å². The predicted octanol–water partition coefficient (Wildman–Crippen LogP) is 1.91. The van der Waals surface area contributed by atoms with Crippen LogP contribution in [0.25, 0.3) is 0 Å². The van der Waals surface area contributed by atoms with Gasteiger partial charge in [0.25, 0.3) is 0 Å². The van der Waals surface area contributed by atoms with Crippen LogP contribution >= 0.6 is 0 Å². The minimum Gasteiger partial charge on any atom is -0.393 e. The van der Waals surface area contributed by atoms with E-state index in [0.29, 0.717) is 11.7 Å². The summed E-state index contributed by atoms with van der Waals surface area (Å²) in [5, 5.41) is 9.54. The van der Waals surface area contributed by atoms with Crippen LogP contribution < -0.4 is 0 Å². The van der Waals surface area contributed by atoms with Crippen molar-refractivity contribution in [3.8, 4) is 0 Å². The minimum absolute atomic E-state index is 0.0858. The molecule has 2 heteroatoms. The maximum atomic E-state index is 11.8. The number of ketones is 1. The third-order valence-electron chi connectivity index (χ3n) is 4.05. The lowest BCUT2D eigenvalue weighted by Gasteiger charge is -2.45. The van der Waals surface area contributed by atoms with E-state index in [4.69, 9.17) is 0 Å². The quantitative estimate of drug-likeness (QED) is 0.621. The Bertz CT molecular complexity index is 224. The van der Waals surface area contributed by atoms with E-state index in [0.717, 1.165) is 38.5 Å². The molecule has 2 nitrogen and oxygen atoms in total. The van der Waals surface area contributed by atoms with E-state index in [2.05, 4.69) is 6.92 Å². The molecule has 74 valence electrons. The summed E-state index contributed by atoms with van der Waals surface area (Å²) in [7, 11) is 0. The maximum Gasteiger partial charge on any atom is 0.139 e. The summed E-state index contributed by atoms with van der Waals surface area (Å²) < 4.78 is 0. The van der Waals surface area contributed by atoms with Crippen LogP contribution in [-0.2, 0) is 4.79 Å². The number of fused-ring (bicyclic) bond motifs is 1. The van der Waals surface area contributed by atoms with Gasteiger partial charge in [0.2, 0.25) is 0 Å². The van der Waals surface area contributed by atoms with Gasteiger partial charge < -0.3 is 5.11 Å². The molecule has 0 unspecified atom stereocenters. The first-order valence-electron chi connectivity index (χ1n) is 5.34. The monoisotopic (exact) mass is 182 g/mol. The first-order chi connectivity index (χ1) is 6.13. The van der Waals surface area contributed by atoms with Gasteiger partial charge in [-0.3, -0.25) is 4.79 Å². The molecule has 2 saturated carbocycles. The third-order valence-corrected chi connectivity index (χ3v) is 4.05. The molecule has 2 aliphatic carbocycles. The number of hydrogen-bond donors (Lipinski definition) is 1. The molecular formula is C11H18O2. The van der Waals surface area contributed by atoms with Gasteiger partial charge in [-0.1, -0.05) is 6.92 Å². The average Bonchev–Trinajstić information content (AvgIpc) is 2.09. The smallest absolute Gasteiger partial charge is 0.139 e. The van der Waals surface area contributed by atoms with Gasteiger partial charge >= 0.3 is 0 Å². The fourth-order valence-electron chi connectivity index (χ4n) is 2.98. The molecule has 0 amide bonds. The fourth-order valence-corrected chi connectivity index (χ4v) is 2.98. The summed E-state index contributed by atoms with van der Waals surface area (Å²) in [6, 6.07) is 0. The molecule has 0 radical (unpaired) electrons. The Morgan fingerprint density at radius 3 is 3.00 bits per heavy atom. The lowest BCUT2D eigenvalue weighted by molar-refractivity contribution is -0.138. The Labute approximate surface area is 79.3 Å². The molecule has 3 atom stereocenters. The van der Waals surface area contributed by atoms with Gasteiger partial charge in [-0.2, -0.15) is 0 Å². The van der Waals surface area contributed by atoms with E-state index in [1.54, 1.807) is 0 Å². The van der Waals surface area contributed by atoms with Crippen molar-refractivity contribution in [2.45, 2.75) is 51.6 Å². The molecule has 0 aromatic heterocycles. The van der Waals surface area contributed by atoms with Gasteiger partial charge in [0, 0.05) is 11.8 Å². The molecule has 0 spiro atoms. The summed E-state index contributed by atoms with van der Waals surface area (Å²) in [6.07, 6.45) is 5.36. The van der Waals surface area contributed by atoms with E-state index in [1.807, 2.05) is 0 Å². The molecule has 2 rings (SSSR count). The Hall–Kier alpha value is -0.370. The van der Waals surface area contributed by atoms with Gasteiger partial charge in [-0.25, -0.2) is 0 Å². The van der Waals surface area contributed by atoms with Gasteiger partial charge in [0.1, 0.15) is 5.78 Å². The Kier molecular flexibility index (Phi) is 2.18. The van der Waals surface area contributed by atoms with Crippen molar-refractivity contribution in [2.24, 2.45) is 11.3 Å². The van der Waals surface area contributed by atoms with Crippen molar-refractivity contribution < 1.29 is 9.90 Å². The summed E-state index contributed by atoms with van der Waals surface area (Å²) in [4.78, 5) is 11.8. The van der Waals surface area contributed by atoms with E-state index < -0.39 is 0 Å². The topological polar surface area (TPSA) is 37.3 Å². The predicted molar refractivity (Wildman–Crippen MR) is 50.3 cm³/mol. The molecule has 0 saturated heterocycles. The standard InChI is InChI=1S/C11H18O2/c1-11-6-5-9(12)7-8(11)3-2-4-10(11)13/h8-9,12H,2-7H2,1H3/t8-,9-,11-/m1/s1. The summed E-state index contributed by atoms with van der Waals surface area (Å²) in [5.41, 5.74) is -0.0858. The Balaban J connectivity index is 2.18. The van der Waals surface area contributed by atoms with Crippen LogP contribution in [0.2, 0.25) is 0 Å². The molecule has 2 aliphatic rings. The summed E-state index contributed by atoms with van der Waals surface area (Å²) in [6.45, 7) is 2.10. The summed E-state index contributed by atoms with van der Waals surface area (Å²) in [5.74, 6) is 0.896. The molecule has 0 aromatic carbocycles. The van der Waals surface area contributed by atoms with Crippen LogP contribution in [0.15, 0.2) is 0 Å².